The molecule has 0 aliphatic carbocycles. The summed E-state index contributed by atoms with van der Waals surface area (Å²) in [5.41, 5.74) is 0. The van der Waals surface area contributed by atoms with Crippen LogP contribution in [0.2, 0.25) is 0 Å². The second-order valence-corrected chi connectivity index (χ2v) is 6.59. The van der Waals surface area contributed by atoms with Gasteiger partial charge >= 0.3 is 0 Å². The molecule has 5 nitrogen and oxygen atoms in total. The molecule has 0 saturated carbocycles. The minimum atomic E-state index is 0. The molecule has 1 N–H and O–H groups in total. The summed E-state index contributed by atoms with van der Waals surface area (Å²) in [7, 11) is 0. The van der Waals surface area contributed by atoms with Crippen molar-refractivity contribution in [3.63, 3.8) is 0 Å². The van der Waals surface area contributed by atoms with Crippen molar-refractivity contribution in [2.45, 2.75) is 46.6 Å². The molecular weight excluding hydrogens is 401 g/mol. The number of hydrogen-bond acceptors (Lipinski definition) is 2. The molecule has 1 saturated heterocycles. The predicted octanol–water partition coefficient (Wildman–Crippen LogP) is 3.22. The molecule has 1 unspecified atom stereocenters. The molecule has 1 aliphatic heterocycles. The Morgan fingerprint density at radius 2 is 2.26 bits per heavy atom. The van der Waals surface area contributed by atoms with E-state index in [9.17, 15) is 0 Å². The molecule has 0 aromatic carbocycles. The molecule has 0 spiro atoms. The van der Waals surface area contributed by atoms with Crippen LogP contribution in [0, 0.1) is 11.8 Å². The van der Waals surface area contributed by atoms with Gasteiger partial charge in [0.05, 0.1) is 0 Å². The molecule has 23 heavy (non-hydrogen) atoms. The van der Waals surface area contributed by atoms with Crippen LogP contribution in [0.5, 0.6) is 0 Å². The number of nitrogens with zero attached hydrogens (tertiary/aromatic N) is 4. The fraction of sp³-hybridized carbons (Fsp3) is 0.765. The van der Waals surface area contributed by atoms with Crippen molar-refractivity contribution in [2.75, 3.05) is 26.2 Å². The Bertz CT molecular complexity index is 444. The number of rotatable bonds is 7. The average molecular weight is 433 g/mol. The van der Waals surface area contributed by atoms with Crippen LogP contribution in [0.15, 0.2) is 23.5 Å². The lowest BCUT2D eigenvalue weighted by atomic mass is 9.97. The van der Waals surface area contributed by atoms with Crippen LogP contribution in [-0.2, 0) is 6.54 Å². The molecule has 0 bridgehead atoms. The van der Waals surface area contributed by atoms with Gasteiger partial charge < -0.3 is 10.2 Å². The molecule has 1 aromatic heterocycles. The molecule has 1 atom stereocenters. The summed E-state index contributed by atoms with van der Waals surface area (Å²) in [5, 5.41) is 7.67. The number of aromatic nitrogens is 2. The summed E-state index contributed by atoms with van der Waals surface area (Å²) in [5.74, 6) is 2.71. The fourth-order valence-electron chi connectivity index (χ4n) is 3.16. The van der Waals surface area contributed by atoms with E-state index in [0.717, 1.165) is 56.9 Å². The minimum absolute atomic E-state index is 0. The van der Waals surface area contributed by atoms with Gasteiger partial charge in [0.25, 0.3) is 0 Å². The zero-order chi connectivity index (χ0) is 15.8. The third kappa shape index (κ3) is 7.10. The normalized spacial score (nSPS) is 18.3. The zero-order valence-corrected chi connectivity index (χ0v) is 17.1. The molecule has 1 fully saturated rings. The van der Waals surface area contributed by atoms with Crippen LogP contribution in [0.25, 0.3) is 0 Å². The third-order valence-corrected chi connectivity index (χ3v) is 4.09. The summed E-state index contributed by atoms with van der Waals surface area (Å²) in [4.78, 5) is 7.23. The van der Waals surface area contributed by atoms with Gasteiger partial charge in [0.15, 0.2) is 5.96 Å². The van der Waals surface area contributed by atoms with E-state index in [-0.39, 0.29) is 24.0 Å². The van der Waals surface area contributed by atoms with E-state index >= 15 is 0 Å². The van der Waals surface area contributed by atoms with Crippen molar-refractivity contribution >= 4 is 29.9 Å². The van der Waals surface area contributed by atoms with E-state index in [1.807, 2.05) is 23.1 Å². The van der Waals surface area contributed by atoms with Gasteiger partial charge in [0.1, 0.15) is 0 Å². The van der Waals surface area contributed by atoms with Crippen molar-refractivity contribution < 1.29 is 0 Å². The van der Waals surface area contributed by atoms with Crippen LogP contribution in [0.4, 0.5) is 0 Å². The molecule has 0 amide bonds. The SMILES string of the molecule is CCNC(=NCCCn1cccn1)N1CCC(CC(C)C)C1.I. The largest absolute Gasteiger partial charge is 0.357 e. The highest BCUT2D eigenvalue weighted by molar-refractivity contribution is 14.0. The van der Waals surface area contributed by atoms with Gasteiger partial charge in [-0.2, -0.15) is 5.10 Å². The van der Waals surface area contributed by atoms with Crippen LogP contribution in [0.1, 0.15) is 40.0 Å². The predicted molar refractivity (Wildman–Crippen MR) is 107 cm³/mol. The zero-order valence-electron chi connectivity index (χ0n) is 14.7. The van der Waals surface area contributed by atoms with Crippen LogP contribution >= 0.6 is 24.0 Å². The number of aryl methyl sites for hydroxylation is 1. The maximum atomic E-state index is 4.80. The molecule has 2 rings (SSSR count). The summed E-state index contributed by atoms with van der Waals surface area (Å²) < 4.78 is 1.97. The second kappa shape index (κ2) is 10.9. The first-order valence-electron chi connectivity index (χ1n) is 8.69. The lowest BCUT2D eigenvalue weighted by Gasteiger charge is -2.22. The fourth-order valence-corrected chi connectivity index (χ4v) is 3.16. The Hall–Kier alpha value is -0.790. The number of nitrogens with one attached hydrogen (secondary N) is 1. The van der Waals surface area contributed by atoms with E-state index in [4.69, 9.17) is 4.99 Å². The molecule has 1 aliphatic rings. The minimum Gasteiger partial charge on any atom is -0.357 e. The number of guanidine groups is 1. The quantitative estimate of drug-likeness (QED) is 0.311. The lowest BCUT2D eigenvalue weighted by molar-refractivity contribution is 0.403. The maximum Gasteiger partial charge on any atom is 0.193 e. The summed E-state index contributed by atoms with van der Waals surface area (Å²) in [6, 6.07) is 1.96. The lowest BCUT2D eigenvalue weighted by Crippen LogP contribution is -2.40. The molecular formula is C17H32IN5. The number of hydrogen-bond donors (Lipinski definition) is 1. The van der Waals surface area contributed by atoms with Gasteiger partial charge in [-0.25, -0.2) is 0 Å². The highest BCUT2D eigenvalue weighted by Crippen LogP contribution is 2.23. The van der Waals surface area contributed by atoms with Crippen LogP contribution < -0.4 is 5.32 Å². The molecule has 0 radical (unpaired) electrons. The topological polar surface area (TPSA) is 45.5 Å². The van der Waals surface area contributed by atoms with Crippen molar-refractivity contribution in [3.8, 4) is 0 Å². The standard InChI is InChI=1S/C17H31N5.HI/c1-4-18-17(19-8-5-10-22-11-6-9-20-22)21-12-7-16(14-21)13-15(2)3;/h6,9,11,15-16H,4-5,7-8,10,12-14H2,1-3H3,(H,18,19);1H. The Balaban J connectivity index is 0.00000264. The van der Waals surface area contributed by atoms with E-state index in [2.05, 4.69) is 36.1 Å². The van der Waals surface area contributed by atoms with Crippen molar-refractivity contribution in [1.29, 1.82) is 0 Å². The first-order chi connectivity index (χ1) is 10.7. The summed E-state index contributed by atoms with van der Waals surface area (Å²) in [6.07, 6.45) is 7.49. The Morgan fingerprint density at radius 1 is 1.43 bits per heavy atom. The van der Waals surface area contributed by atoms with E-state index in [0.29, 0.717) is 0 Å². The van der Waals surface area contributed by atoms with Gasteiger partial charge in [-0.1, -0.05) is 13.8 Å². The third-order valence-electron chi connectivity index (χ3n) is 4.09. The molecule has 132 valence electrons. The first-order valence-corrected chi connectivity index (χ1v) is 8.69. The Kier molecular flexibility index (Phi) is 9.59. The number of aliphatic imine (C=N–C) groups is 1. The second-order valence-electron chi connectivity index (χ2n) is 6.59. The highest BCUT2D eigenvalue weighted by atomic mass is 127. The average Bonchev–Trinajstić information content (AvgIpc) is 3.13. The van der Waals surface area contributed by atoms with E-state index in [1.165, 1.54) is 12.8 Å². The summed E-state index contributed by atoms with van der Waals surface area (Å²) in [6.45, 7) is 11.8. The van der Waals surface area contributed by atoms with Crippen molar-refractivity contribution in [2.24, 2.45) is 16.8 Å². The number of likely N-dealkylation sites (tertiary alicyclic amines) is 1. The highest BCUT2D eigenvalue weighted by Gasteiger charge is 2.25. The van der Waals surface area contributed by atoms with Gasteiger partial charge in [-0.05, 0) is 44.1 Å². The van der Waals surface area contributed by atoms with Crippen molar-refractivity contribution in [3.05, 3.63) is 18.5 Å². The number of halogens is 1. The van der Waals surface area contributed by atoms with Gasteiger partial charge in [-0.3, -0.25) is 9.67 Å². The first kappa shape index (κ1) is 20.3. The molecule has 6 heteroatoms. The Morgan fingerprint density at radius 3 is 2.91 bits per heavy atom. The monoisotopic (exact) mass is 433 g/mol. The summed E-state index contributed by atoms with van der Waals surface area (Å²) >= 11 is 0. The van der Waals surface area contributed by atoms with Crippen molar-refractivity contribution in [1.82, 2.24) is 20.0 Å². The van der Waals surface area contributed by atoms with Gasteiger partial charge in [0.2, 0.25) is 0 Å². The smallest absolute Gasteiger partial charge is 0.193 e. The van der Waals surface area contributed by atoms with Crippen LogP contribution in [-0.4, -0.2) is 46.8 Å². The maximum absolute atomic E-state index is 4.80. The van der Waals surface area contributed by atoms with Crippen LogP contribution in [0.3, 0.4) is 0 Å². The van der Waals surface area contributed by atoms with E-state index in [1.54, 1.807) is 0 Å². The molecule has 1 aromatic rings. The Labute approximate surface area is 157 Å². The van der Waals surface area contributed by atoms with Gasteiger partial charge in [-0.15, -0.1) is 24.0 Å². The van der Waals surface area contributed by atoms with Gasteiger partial charge in [0, 0.05) is 45.1 Å². The molecule has 2 heterocycles. The van der Waals surface area contributed by atoms with E-state index < -0.39 is 0 Å².